The first kappa shape index (κ1) is 21.1. The zero-order chi connectivity index (χ0) is 21.1. The van der Waals surface area contributed by atoms with E-state index in [0.717, 1.165) is 80.1 Å². The van der Waals surface area contributed by atoms with E-state index in [1.54, 1.807) is 11.8 Å². The number of aryl methyl sites for hydroxylation is 1. The van der Waals surface area contributed by atoms with Crippen LogP contribution in [0.5, 0.6) is 0 Å². The summed E-state index contributed by atoms with van der Waals surface area (Å²) in [5.41, 5.74) is 4.19. The van der Waals surface area contributed by atoms with E-state index < -0.39 is 0 Å². The van der Waals surface area contributed by atoms with Gasteiger partial charge in [-0.25, -0.2) is 9.97 Å². The predicted octanol–water partition coefficient (Wildman–Crippen LogP) is 3.37. The van der Waals surface area contributed by atoms with Gasteiger partial charge in [0.1, 0.15) is 5.82 Å². The molecule has 0 bridgehead atoms. The highest BCUT2D eigenvalue weighted by atomic mass is 32.2. The molecule has 30 heavy (non-hydrogen) atoms. The lowest BCUT2D eigenvalue weighted by Crippen LogP contribution is -2.45. The Bertz CT molecular complexity index is 887. The third-order valence-corrected chi connectivity index (χ3v) is 7.03. The second kappa shape index (κ2) is 9.35. The maximum absolute atomic E-state index is 12.5. The van der Waals surface area contributed by atoms with Crippen LogP contribution < -0.4 is 4.90 Å². The van der Waals surface area contributed by atoms with E-state index in [1.807, 2.05) is 17.0 Å². The molecule has 0 radical (unpaired) electrons. The molecule has 2 fully saturated rings. The van der Waals surface area contributed by atoms with Gasteiger partial charge < -0.3 is 14.7 Å². The van der Waals surface area contributed by atoms with E-state index in [1.165, 1.54) is 11.1 Å². The highest BCUT2D eigenvalue weighted by Crippen LogP contribution is 2.27. The molecule has 2 saturated heterocycles. The quantitative estimate of drug-likeness (QED) is 0.541. The van der Waals surface area contributed by atoms with Crippen molar-refractivity contribution in [2.45, 2.75) is 37.6 Å². The smallest absolute Gasteiger partial charge is 0.253 e. The molecule has 1 amide bonds. The first-order valence-corrected chi connectivity index (χ1v) is 11.8. The van der Waals surface area contributed by atoms with Crippen LogP contribution >= 0.6 is 11.8 Å². The number of carbonyl (C=O) groups is 1. The Morgan fingerprint density at radius 2 is 1.63 bits per heavy atom. The largest absolute Gasteiger partial charge is 0.354 e. The lowest BCUT2D eigenvalue weighted by Gasteiger charge is -2.34. The number of carbonyl (C=O) groups excluding carboxylic acids is 1. The van der Waals surface area contributed by atoms with Gasteiger partial charge in [-0.2, -0.15) is 0 Å². The van der Waals surface area contributed by atoms with E-state index >= 15 is 0 Å². The fraction of sp³-hybridized carbons (Fsp3) is 0.522. The summed E-state index contributed by atoms with van der Waals surface area (Å²) in [6, 6.07) is 8.01. The Labute approximate surface area is 183 Å². The van der Waals surface area contributed by atoms with Crippen molar-refractivity contribution in [2.75, 3.05) is 51.2 Å². The first-order chi connectivity index (χ1) is 14.5. The number of benzene rings is 1. The zero-order valence-corrected chi connectivity index (χ0v) is 19.0. The van der Waals surface area contributed by atoms with Gasteiger partial charge in [-0.3, -0.25) is 4.79 Å². The maximum Gasteiger partial charge on any atom is 0.253 e. The van der Waals surface area contributed by atoms with Crippen molar-refractivity contribution in [3.8, 4) is 0 Å². The molecule has 4 rings (SSSR count). The summed E-state index contributed by atoms with van der Waals surface area (Å²) in [6.07, 6.45) is 2.24. The average Bonchev–Trinajstić information content (AvgIpc) is 3.30. The minimum absolute atomic E-state index is 0.154. The number of anilines is 1. The van der Waals surface area contributed by atoms with Crippen LogP contribution in [0.4, 0.5) is 5.82 Å². The number of amides is 1. The van der Waals surface area contributed by atoms with Gasteiger partial charge in [-0.05, 0) is 51.4 Å². The molecule has 1 aromatic heterocycles. The van der Waals surface area contributed by atoms with Crippen LogP contribution in [0.15, 0.2) is 29.4 Å². The minimum atomic E-state index is 0.154. The molecule has 6 nitrogen and oxygen atoms in total. The topological polar surface area (TPSA) is 52.6 Å². The molecule has 7 heteroatoms. The summed E-state index contributed by atoms with van der Waals surface area (Å²) in [5.74, 6) is 2.02. The van der Waals surface area contributed by atoms with E-state index in [9.17, 15) is 4.79 Å². The Kier molecular flexibility index (Phi) is 6.58. The fourth-order valence-electron chi connectivity index (χ4n) is 3.97. The van der Waals surface area contributed by atoms with Gasteiger partial charge in [-0.15, -0.1) is 0 Å². The fourth-order valence-corrected chi connectivity index (χ4v) is 4.81. The molecule has 0 N–H and O–H groups in total. The van der Waals surface area contributed by atoms with Crippen LogP contribution in [-0.4, -0.2) is 72.0 Å². The van der Waals surface area contributed by atoms with Gasteiger partial charge in [0, 0.05) is 61.8 Å². The highest BCUT2D eigenvalue weighted by Gasteiger charge is 2.20. The second-order valence-electron chi connectivity index (χ2n) is 8.32. The Morgan fingerprint density at radius 3 is 2.30 bits per heavy atom. The Hall–Kier alpha value is -2.12. The normalized spacial score (nSPS) is 17.6. The molecule has 160 valence electrons. The predicted molar refractivity (Wildman–Crippen MR) is 122 cm³/mol. The van der Waals surface area contributed by atoms with Gasteiger partial charge in [0.15, 0.2) is 5.16 Å². The molecule has 1 aromatic carbocycles. The number of piperazine rings is 1. The monoisotopic (exact) mass is 425 g/mol. The third-order valence-electron chi connectivity index (χ3n) is 6.11. The number of nitrogens with zero attached hydrogens (tertiary/aromatic N) is 5. The van der Waals surface area contributed by atoms with Gasteiger partial charge in [0.25, 0.3) is 5.91 Å². The summed E-state index contributed by atoms with van der Waals surface area (Å²) in [5, 5.41) is 0.823. The van der Waals surface area contributed by atoms with Crippen LogP contribution in [0.3, 0.4) is 0 Å². The first-order valence-electron chi connectivity index (χ1n) is 10.8. The molecule has 0 aliphatic carbocycles. The van der Waals surface area contributed by atoms with Crippen molar-refractivity contribution in [2.24, 2.45) is 0 Å². The van der Waals surface area contributed by atoms with E-state index in [4.69, 9.17) is 9.97 Å². The molecular weight excluding hydrogens is 394 g/mol. The molecular formula is C23H31N5OS. The van der Waals surface area contributed by atoms with Crippen molar-refractivity contribution in [1.82, 2.24) is 19.8 Å². The molecule has 2 aliphatic rings. The number of likely N-dealkylation sites (N-methyl/N-ethyl adjacent to an activating group) is 1. The van der Waals surface area contributed by atoms with Gasteiger partial charge in [0.05, 0.1) is 0 Å². The van der Waals surface area contributed by atoms with Gasteiger partial charge in [0.2, 0.25) is 0 Å². The lowest BCUT2D eigenvalue weighted by molar-refractivity contribution is 0.0793. The van der Waals surface area contributed by atoms with Crippen LogP contribution in [0.25, 0.3) is 0 Å². The summed E-state index contributed by atoms with van der Waals surface area (Å²) in [7, 11) is 2.17. The summed E-state index contributed by atoms with van der Waals surface area (Å²) in [6.45, 7) is 10.1. The van der Waals surface area contributed by atoms with Crippen molar-refractivity contribution in [3.63, 3.8) is 0 Å². The summed E-state index contributed by atoms with van der Waals surface area (Å²) < 4.78 is 0. The third kappa shape index (κ3) is 4.78. The molecule has 0 saturated carbocycles. The molecule has 0 atom stereocenters. The van der Waals surface area contributed by atoms with Crippen LogP contribution in [0.1, 0.15) is 40.0 Å². The number of aromatic nitrogens is 2. The zero-order valence-electron chi connectivity index (χ0n) is 18.2. The summed E-state index contributed by atoms with van der Waals surface area (Å²) >= 11 is 1.66. The molecule has 2 aromatic rings. The van der Waals surface area contributed by atoms with Crippen LogP contribution in [0.2, 0.25) is 0 Å². The molecule has 0 unspecified atom stereocenters. The molecule has 0 spiro atoms. The van der Waals surface area contributed by atoms with Crippen LogP contribution in [0, 0.1) is 13.8 Å². The highest BCUT2D eigenvalue weighted by molar-refractivity contribution is 7.98. The van der Waals surface area contributed by atoms with Crippen molar-refractivity contribution >= 4 is 23.5 Å². The Balaban J connectivity index is 1.41. The van der Waals surface area contributed by atoms with Crippen molar-refractivity contribution in [1.29, 1.82) is 0 Å². The number of likely N-dealkylation sites (tertiary alicyclic amines) is 1. The molecule has 3 heterocycles. The van der Waals surface area contributed by atoms with Crippen molar-refractivity contribution in [3.05, 3.63) is 46.6 Å². The standard InChI is InChI=1S/C23H31N5OS/c1-17-18(2)24-23(25-21(17)27-14-12-26(3)13-15-27)30-16-19-6-8-20(9-7-19)22(29)28-10-4-5-11-28/h6-9H,4-5,10-16H2,1-3H3. The van der Waals surface area contributed by atoms with E-state index in [-0.39, 0.29) is 5.91 Å². The number of rotatable bonds is 5. The molecule has 2 aliphatic heterocycles. The number of thioether (sulfide) groups is 1. The van der Waals surface area contributed by atoms with E-state index in [0.29, 0.717) is 0 Å². The maximum atomic E-state index is 12.5. The second-order valence-corrected chi connectivity index (χ2v) is 9.26. The van der Waals surface area contributed by atoms with Crippen molar-refractivity contribution < 1.29 is 4.79 Å². The lowest BCUT2D eigenvalue weighted by atomic mass is 10.1. The average molecular weight is 426 g/mol. The van der Waals surface area contributed by atoms with Gasteiger partial charge >= 0.3 is 0 Å². The number of hydrogen-bond acceptors (Lipinski definition) is 6. The minimum Gasteiger partial charge on any atom is -0.354 e. The SMILES string of the molecule is Cc1nc(SCc2ccc(C(=O)N3CCCC3)cc2)nc(N2CCN(C)CC2)c1C. The van der Waals surface area contributed by atoms with Gasteiger partial charge in [-0.1, -0.05) is 23.9 Å². The Morgan fingerprint density at radius 1 is 0.967 bits per heavy atom. The number of hydrogen-bond donors (Lipinski definition) is 0. The van der Waals surface area contributed by atoms with E-state index in [2.05, 4.69) is 42.8 Å². The van der Waals surface area contributed by atoms with Crippen LogP contribution in [-0.2, 0) is 5.75 Å². The summed E-state index contributed by atoms with van der Waals surface area (Å²) in [4.78, 5) is 28.8.